The molecular formula is C19H16ClF2N3OS. The van der Waals surface area contributed by atoms with Gasteiger partial charge < -0.3 is 4.74 Å². The lowest BCUT2D eigenvalue weighted by molar-refractivity contribution is -0.0318. The summed E-state index contributed by atoms with van der Waals surface area (Å²) in [6.45, 7) is 0.577. The molecule has 1 saturated heterocycles. The predicted octanol–water partition coefficient (Wildman–Crippen LogP) is 4.60. The molecule has 2 unspecified atom stereocenters. The Bertz CT molecular complexity index is 983. The number of thiol groups is 1. The Kier molecular flexibility index (Phi) is 4.92. The van der Waals surface area contributed by atoms with Gasteiger partial charge in [0.2, 0.25) is 0 Å². The maximum Gasteiger partial charge on any atom is 0.183 e. The minimum Gasteiger partial charge on any atom is -0.368 e. The van der Waals surface area contributed by atoms with Gasteiger partial charge in [0.1, 0.15) is 23.6 Å². The van der Waals surface area contributed by atoms with Crippen LogP contribution in [0.3, 0.4) is 0 Å². The third-order valence-electron chi connectivity index (χ3n) is 4.98. The van der Waals surface area contributed by atoms with Crippen LogP contribution in [0.25, 0.3) is 0 Å². The van der Waals surface area contributed by atoms with Gasteiger partial charge >= 0.3 is 0 Å². The van der Waals surface area contributed by atoms with Crippen molar-refractivity contribution < 1.29 is 13.5 Å². The van der Waals surface area contributed by atoms with Gasteiger partial charge in [-0.25, -0.2) is 18.4 Å². The molecule has 140 valence electrons. The second-order valence-electron chi connectivity index (χ2n) is 6.44. The molecule has 2 atom stereocenters. The van der Waals surface area contributed by atoms with Crippen LogP contribution in [0.15, 0.2) is 53.9 Å². The van der Waals surface area contributed by atoms with E-state index in [-0.39, 0.29) is 18.0 Å². The summed E-state index contributed by atoms with van der Waals surface area (Å²) < 4.78 is 36.1. The van der Waals surface area contributed by atoms with E-state index in [0.29, 0.717) is 23.2 Å². The summed E-state index contributed by atoms with van der Waals surface area (Å²) in [5, 5.41) is 5.12. The van der Waals surface area contributed by atoms with Crippen molar-refractivity contribution in [1.29, 1.82) is 0 Å². The molecule has 0 saturated carbocycles. The van der Waals surface area contributed by atoms with Crippen LogP contribution in [0.4, 0.5) is 8.78 Å². The molecule has 0 spiro atoms. The van der Waals surface area contributed by atoms with E-state index in [0.717, 1.165) is 11.6 Å². The summed E-state index contributed by atoms with van der Waals surface area (Å²) in [5.41, 5.74) is -0.00991. The minimum absolute atomic E-state index is 0.171. The molecule has 0 amide bonds. The van der Waals surface area contributed by atoms with Gasteiger partial charge in [0.15, 0.2) is 5.16 Å². The van der Waals surface area contributed by atoms with Gasteiger partial charge in [-0.15, -0.1) is 12.6 Å². The molecule has 1 aliphatic heterocycles. The summed E-state index contributed by atoms with van der Waals surface area (Å²) in [7, 11) is 0. The lowest BCUT2D eigenvalue weighted by Gasteiger charge is -2.36. The lowest BCUT2D eigenvalue weighted by atomic mass is 9.77. The summed E-state index contributed by atoms with van der Waals surface area (Å²) >= 11 is 10.7. The number of aromatic nitrogens is 3. The largest absolute Gasteiger partial charge is 0.368 e. The van der Waals surface area contributed by atoms with Crippen molar-refractivity contribution in [2.45, 2.75) is 29.6 Å². The van der Waals surface area contributed by atoms with Crippen LogP contribution in [0.2, 0.25) is 5.02 Å². The number of nitrogens with zero attached hydrogens (tertiary/aromatic N) is 3. The first-order valence-corrected chi connectivity index (χ1v) is 9.24. The molecule has 8 heteroatoms. The number of hydrogen-bond acceptors (Lipinski definition) is 4. The normalized spacial score (nSPS) is 22.3. The van der Waals surface area contributed by atoms with E-state index >= 15 is 0 Å². The van der Waals surface area contributed by atoms with E-state index in [2.05, 4.69) is 22.7 Å². The van der Waals surface area contributed by atoms with Crippen molar-refractivity contribution in [1.82, 2.24) is 14.8 Å². The van der Waals surface area contributed by atoms with E-state index < -0.39 is 17.2 Å². The number of benzene rings is 2. The summed E-state index contributed by atoms with van der Waals surface area (Å²) in [4.78, 5) is 4.02. The Morgan fingerprint density at radius 3 is 2.78 bits per heavy atom. The van der Waals surface area contributed by atoms with Crippen molar-refractivity contribution in [2.24, 2.45) is 0 Å². The minimum atomic E-state index is -1.12. The average molecular weight is 408 g/mol. The fourth-order valence-electron chi connectivity index (χ4n) is 3.79. The zero-order valence-electron chi connectivity index (χ0n) is 14.1. The monoisotopic (exact) mass is 407 g/mol. The molecular weight excluding hydrogens is 392 g/mol. The molecule has 2 heterocycles. The van der Waals surface area contributed by atoms with E-state index in [1.807, 2.05) is 18.2 Å². The SMILES string of the molecule is Fc1ccc(C2(Cn3ncnc3S)OCCC2c2ccccc2Cl)c(F)c1. The highest BCUT2D eigenvalue weighted by Crippen LogP contribution is 2.50. The van der Waals surface area contributed by atoms with Crippen molar-refractivity contribution in [2.75, 3.05) is 6.61 Å². The maximum absolute atomic E-state index is 14.8. The van der Waals surface area contributed by atoms with Crippen LogP contribution >= 0.6 is 24.2 Å². The van der Waals surface area contributed by atoms with E-state index in [9.17, 15) is 8.78 Å². The quantitative estimate of drug-likeness (QED) is 0.642. The smallest absolute Gasteiger partial charge is 0.183 e. The number of halogens is 3. The molecule has 0 N–H and O–H groups in total. The van der Waals surface area contributed by atoms with Gasteiger partial charge in [-0.2, -0.15) is 5.10 Å². The van der Waals surface area contributed by atoms with Crippen LogP contribution in [0, 0.1) is 11.6 Å². The van der Waals surface area contributed by atoms with Crippen LogP contribution in [0.5, 0.6) is 0 Å². The highest BCUT2D eigenvalue weighted by molar-refractivity contribution is 7.80. The molecule has 0 bridgehead atoms. The summed E-state index contributed by atoms with van der Waals surface area (Å²) in [5.74, 6) is -1.56. The third kappa shape index (κ3) is 3.24. The molecule has 1 fully saturated rings. The Hall–Kier alpha value is -1.96. The van der Waals surface area contributed by atoms with Crippen LogP contribution < -0.4 is 0 Å². The van der Waals surface area contributed by atoms with Crippen LogP contribution in [-0.4, -0.2) is 21.4 Å². The van der Waals surface area contributed by atoms with Gasteiger partial charge in [-0.1, -0.05) is 35.9 Å². The number of ether oxygens (including phenoxy) is 1. The van der Waals surface area contributed by atoms with Crippen molar-refractivity contribution >= 4 is 24.2 Å². The molecule has 3 aromatic rings. The van der Waals surface area contributed by atoms with Crippen molar-refractivity contribution in [3.63, 3.8) is 0 Å². The Balaban J connectivity index is 1.90. The first-order valence-electron chi connectivity index (χ1n) is 8.42. The second kappa shape index (κ2) is 7.22. The fourth-order valence-corrected chi connectivity index (χ4v) is 4.23. The molecule has 4 nitrogen and oxygen atoms in total. The molecule has 2 aromatic carbocycles. The van der Waals surface area contributed by atoms with Gasteiger partial charge in [0.05, 0.1) is 6.54 Å². The van der Waals surface area contributed by atoms with Crippen molar-refractivity contribution in [3.8, 4) is 0 Å². The summed E-state index contributed by atoms with van der Waals surface area (Å²) in [6.07, 6.45) is 2.01. The van der Waals surface area contributed by atoms with Crippen LogP contribution in [-0.2, 0) is 16.9 Å². The molecule has 0 radical (unpaired) electrons. The predicted molar refractivity (Wildman–Crippen MR) is 100 cm³/mol. The highest BCUT2D eigenvalue weighted by atomic mass is 35.5. The molecule has 1 aliphatic rings. The highest BCUT2D eigenvalue weighted by Gasteiger charge is 2.49. The van der Waals surface area contributed by atoms with Gasteiger partial charge in [-0.05, 0) is 24.1 Å². The molecule has 4 rings (SSSR count). The van der Waals surface area contributed by atoms with Gasteiger partial charge in [0.25, 0.3) is 0 Å². The first-order chi connectivity index (χ1) is 13.0. The molecule has 27 heavy (non-hydrogen) atoms. The van der Waals surface area contributed by atoms with E-state index in [1.165, 1.54) is 18.5 Å². The summed E-state index contributed by atoms with van der Waals surface area (Å²) in [6, 6.07) is 10.9. The van der Waals surface area contributed by atoms with E-state index in [1.54, 1.807) is 10.7 Å². The lowest BCUT2D eigenvalue weighted by Crippen LogP contribution is -2.38. The second-order valence-corrected chi connectivity index (χ2v) is 7.25. The van der Waals surface area contributed by atoms with Gasteiger partial charge in [0, 0.05) is 29.2 Å². The fraction of sp³-hybridized carbons (Fsp3) is 0.263. The Labute approximate surface area is 165 Å². The standard InChI is InChI=1S/C19H16ClF2N3OS/c20-16-4-2-1-3-13(16)14-7-8-26-19(14,10-25-18(27)23-11-24-25)15-6-5-12(21)9-17(15)22/h1-6,9,11,14H,7-8,10H2,(H,23,24,27). The topological polar surface area (TPSA) is 39.9 Å². The number of hydrogen-bond donors (Lipinski definition) is 1. The zero-order chi connectivity index (χ0) is 19.0. The van der Waals surface area contributed by atoms with Crippen molar-refractivity contribution in [3.05, 3.63) is 76.6 Å². The van der Waals surface area contributed by atoms with E-state index in [4.69, 9.17) is 16.3 Å². The van der Waals surface area contributed by atoms with Gasteiger partial charge in [-0.3, -0.25) is 0 Å². The zero-order valence-corrected chi connectivity index (χ0v) is 15.8. The molecule has 0 aliphatic carbocycles. The first kappa shape index (κ1) is 18.4. The third-order valence-corrected chi connectivity index (χ3v) is 5.67. The average Bonchev–Trinajstić information content (AvgIpc) is 3.23. The maximum atomic E-state index is 14.8. The van der Waals surface area contributed by atoms with Crippen LogP contribution in [0.1, 0.15) is 23.5 Å². The number of rotatable bonds is 4. The Morgan fingerprint density at radius 2 is 2.07 bits per heavy atom. The molecule has 1 aromatic heterocycles. The Morgan fingerprint density at radius 1 is 1.26 bits per heavy atom.